The number of carbonyl (C=O) groups excluding carboxylic acids is 2. The maximum absolute atomic E-state index is 12.5. The third kappa shape index (κ3) is 5.81. The van der Waals surface area contributed by atoms with Gasteiger partial charge in [-0.15, -0.1) is 0 Å². The van der Waals surface area contributed by atoms with Gasteiger partial charge < -0.3 is 19.9 Å². The Kier molecular flexibility index (Phi) is 6.16. The molecule has 0 aromatic heterocycles. The molecule has 25 heavy (non-hydrogen) atoms. The number of urea groups is 1. The van der Waals surface area contributed by atoms with E-state index in [0.29, 0.717) is 43.3 Å². The Morgan fingerprint density at radius 3 is 2.40 bits per heavy atom. The number of amides is 3. The van der Waals surface area contributed by atoms with Gasteiger partial charge in [0.15, 0.2) is 0 Å². The molecule has 1 aliphatic rings. The molecule has 0 spiro atoms. The lowest BCUT2D eigenvalue weighted by Crippen LogP contribution is -2.41. The van der Waals surface area contributed by atoms with Crippen LogP contribution in [0.5, 0.6) is 0 Å². The van der Waals surface area contributed by atoms with Crippen molar-refractivity contribution < 1.29 is 14.3 Å². The van der Waals surface area contributed by atoms with Gasteiger partial charge in [0.2, 0.25) is 0 Å². The summed E-state index contributed by atoms with van der Waals surface area (Å²) >= 11 is 6.09. The second-order valence-electron chi connectivity index (χ2n) is 7.20. The fourth-order valence-electron chi connectivity index (χ4n) is 2.50. The second kappa shape index (κ2) is 7.95. The molecule has 0 aliphatic carbocycles. The highest BCUT2D eigenvalue weighted by Gasteiger charge is 2.26. The summed E-state index contributed by atoms with van der Waals surface area (Å²) in [6.45, 7) is 9.52. The van der Waals surface area contributed by atoms with Crippen molar-refractivity contribution in [1.82, 2.24) is 9.80 Å². The number of nitrogens with zero attached hydrogens (tertiary/aromatic N) is 2. The van der Waals surface area contributed by atoms with E-state index in [4.69, 9.17) is 16.3 Å². The van der Waals surface area contributed by atoms with Crippen molar-refractivity contribution in [2.24, 2.45) is 0 Å². The molecule has 0 radical (unpaired) electrons. The van der Waals surface area contributed by atoms with Crippen LogP contribution in [0.1, 0.15) is 32.8 Å². The van der Waals surface area contributed by atoms with Crippen LogP contribution < -0.4 is 5.32 Å². The van der Waals surface area contributed by atoms with E-state index in [-0.39, 0.29) is 12.1 Å². The average molecular weight is 368 g/mol. The van der Waals surface area contributed by atoms with Gasteiger partial charge in [-0.3, -0.25) is 0 Å². The van der Waals surface area contributed by atoms with E-state index in [1.165, 1.54) is 0 Å². The predicted molar refractivity (Wildman–Crippen MR) is 99.2 cm³/mol. The van der Waals surface area contributed by atoms with Crippen LogP contribution in [0.4, 0.5) is 15.3 Å². The maximum Gasteiger partial charge on any atom is 0.410 e. The number of carbonyl (C=O) groups is 2. The molecular formula is C18H26ClN3O3. The Labute approximate surface area is 154 Å². The number of aryl methyl sites for hydroxylation is 1. The van der Waals surface area contributed by atoms with Gasteiger partial charge in [-0.05, 0) is 51.8 Å². The molecule has 1 N–H and O–H groups in total. The quantitative estimate of drug-likeness (QED) is 0.812. The minimum atomic E-state index is -0.523. The molecule has 138 valence electrons. The Morgan fingerprint density at radius 2 is 1.76 bits per heavy atom. The lowest BCUT2D eigenvalue weighted by atomic mass is 10.2. The highest BCUT2D eigenvalue weighted by Crippen LogP contribution is 2.20. The Morgan fingerprint density at radius 1 is 1.12 bits per heavy atom. The van der Waals surface area contributed by atoms with Crippen LogP contribution in [0.15, 0.2) is 18.2 Å². The van der Waals surface area contributed by atoms with Crippen LogP contribution in [0.3, 0.4) is 0 Å². The maximum atomic E-state index is 12.5. The summed E-state index contributed by atoms with van der Waals surface area (Å²) < 4.78 is 5.40. The molecule has 0 saturated carbocycles. The number of ether oxygens (including phenoxy) is 1. The van der Waals surface area contributed by atoms with E-state index in [0.717, 1.165) is 5.56 Å². The standard InChI is InChI=1S/C18H26ClN3O3/c1-13-6-7-14(12-15(13)19)20-16(23)21-8-5-9-22(11-10-21)17(24)25-18(2,3)4/h6-7,12H,5,8-11H2,1-4H3,(H,20,23). The van der Waals surface area contributed by atoms with E-state index in [9.17, 15) is 9.59 Å². The number of benzene rings is 1. The van der Waals surface area contributed by atoms with Crippen LogP contribution in [0.25, 0.3) is 0 Å². The van der Waals surface area contributed by atoms with Crippen LogP contribution in [0, 0.1) is 6.92 Å². The van der Waals surface area contributed by atoms with Crippen LogP contribution in [0.2, 0.25) is 5.02 Å². The second-order valence-corrected chi connectivity index (χ2v) is 7.61. The Hall–Kier alpha value is -1.95. The van der Waals surface area contributed by atoms with E-state index in [1.807, 2.05) is 39.8 Å². The lowest BCUT2D eigenvalue weighted by Gasteiger charge is -2.26. The number of nitrogens with one attached hydrogen (secondary N) is 1. The first-order valence-corrected chi connectivity index (χ1v) is 8.83. The van der Waals surface area contributed by atoms with E-state index in [1.54, 1.807) is 15.9 Å². The SMILES string of the molecule is Cc1ccc(NC(=O)N2CCCN(C(=O)OC(C)(C)C)CC2)cc1Cl. The topological polar surface area (TPSA) is 61.9 Å². The summed E-state index contributed by atoms with van der Waals surface area (Å²) in [6, 6.07) is 5.24. The highest BCUT2D eigenvalue weighted by atomic mass is 35.5. The summed E-state index contributed by atoms with van der Waals surface area (Å²) in [5, 5.41) is 3.47. The average Bonchev–Trinajstić information content (AvgIpc) is 2.75. The first-order chi connectivity index (χ1) is 11.7. The molecule has 1 fully saturated rings. The van der Waals surface area contributed by atoms with Gasteiger partial charge in [-0.1, -0.05) is 17.7 Å². The minimum absolute atomic E-state index is 0.189. The molecule has 2 rings (SSSR count). The van der Waals surface area contributed by atoms with Gasteiger partial charge in [-0.2, -0.15) is 0 Å². The first kappa shape index (κ1) is 19.4. The number of rotatable bonds is 1. The molecule has 3 amide bonds. The van der Waals surface area contributed by atoms with Crippen molar-refractivity contribution in [2.75, 3.05) is 31.5 Å². The van der Waals surface area contributed by atoms with Crippen LogP contribution in [-0.2, 0) is 4.74 Å². The smallest absolute Gasteiger partial charge is 0.410 e. The van der Waals surface area contributed by atoms with E-state index in [2.05, 4.69) is 5.32 Å². The van der Waals surface area contributed by atoms with Gasteiger partial charge in [0.05, 0.1) is 0 Å². The summed E-state index contributed by atoms with van der Waals surface area (Å²) in [5.41, 5.74) is 1.10. The fraction of sp³-hybridized carbons (Fsp3) is 0.556. The number of hydrogen-bond acceptors (Lipinski definition) is 3. The molecule has 0 bridgehead atoms. The van der Waals surface area contributed by atoms with Crippen molar-refractivity contribution in [2.45, 2.75) is 39.7 Å². The summed E-state index contributed by atoms with van der Waals surface area (Å²) in [6.07, 6.45) is 0.376. The van der Waals surface area contributed by atoms with Crippen LogP contribution >= 0.6 is 11.6 Å². The minimum Gasteiger partial charge on any atom is -0.444 e. The summed E-state index contributed by atoms with van der Waals surface area (Å²) in [4.78, 5) is 28.0. The van der Waals surface area contributed by atoms with Gasteiger partial charge in [0, 0.05) is 36.9 Å². The summed E-state index contributed by atoms with van der Waals surface area (Å²) in [5.74, 6) is 0. The van der Waals surface area contributed by atoms with Crippen molar-refractivity contribution in [1.29, 1.82) is 0 Å². The Bertz CT molecular complexity index is 643. The first-order valence-electron chi connectivity index (χ1n) is 8.46. The third-order valence-electron chi connectivity index (χ3n) is 3.86. The molecule has 1 aromatic rings. The summed E-state index contributed by atoms with van der Waals surface area (Å²) in [7, 11) is 0. The molecule has 7 heteroatoms. The predicted octanol–water partition coefficient (Wildman–Crippen LogP) is 4.12. The van der Waals surface area contributed by atoms with Gasteiger partial charge in [0.25, 0.3) is 0 Å². The lowest BCUT2D eigenvalue weighted by molar-refractivity contribution is 0.0259. The Balaban J connectivity index is 1.92. The van der Waals surface area contributed by atoms with Crippen molar-refractivity contribution >= 4 is 29.4 Å². The normalized spacial score (nSPS) is 15.6. The largest absolute Gasteiger partial charge is 0.444 e. The molecule has 0 unspecified atom stereocenters. The molecular weight excluding hydrogens is 342 g/mol. The fourth-order valence-corrected chi connectivity index (χ4v) is 2.68. The zero-order valence-electron chi connectivity index (χ0n) is 15.3. The zero-order chi connectivity index (χ0) is 18.6. The molecule has 1 saturated heterocycles. The van der Waals surface area contributed by atoms with Crippen molar-refractivity contribution in [3.63, 3.8) is 0 Å². The highest BCUT2D eigenvalue weighted by molar-refractivity contribution is 6.31. The molecule has 1 aliphatic heterocycles. The molecule has 0 atom stereocenters. The molecule has 1 aromatic carbocycles. The number of anilines is 1. The van der Waals surface area contributed by atoms with Crippen LogP contribution in [-0.4, -0.2) is 53.7 Å². The number of hydrogen-bond donors (Lipinski definition) is 1. The van der Waals surface area contributed by atoms with E-state index >= 15 is 0 Å². The van der Waals surface area contributed by atoms with Gasteiger partial charge in [0.1, 0.15) is 5.60 Å². The van der Waals surface area contributed by atoms with Crippen molar-refractivity contribution in [3.8, 4) is 0 Å². The zero-order valence-corrected chi connectivity index (χ0v) is 16.0. The van der Waals surface area contributed by atoms with Crippen molar-refractivity contribution in [3.05, 3.63) is 28.8 Å². The van der Waals surface area contributed by atoms with E-state index < -0.39 is 5.60 Å². The van der Waals surface area contributed by atoms with Gasteiger partial charge in [-0.25, -0.2) is 9.59 Å². The molecule has 6 nitrogen and oxygen atoms in total. The number of halogens is 1. The third-order valence-corrected chi connectivity index (χ3v) is 4.27. The molecule has 1 heterocycles. The monoisotopic (exact) mass is 367 g/mol. The van der Waals surface area contributed by atoms with Gasteiger partial charge >= 0.3 is 12.1 Å².